The highest BCUT2D eigenvalue weighted by Gasteiger charge is 2.16. The van der Waals surface area contributed by atoms with Gasteiger partial charge in [0, 0.05) is 23.1 Å². The summed E-state index contributed by atoms with van der Waals surface area (Å²) in [5, 5.41) is 8.58. The van der Waals surface area contributed by atoms with Gasteiger partial charge in [0.05, 0.1) is 5.02 Å². The van der Waals surface area contributed by atoms with E-state index in [1.165, 1.54) is 0 Å². The molecule has 1 aromatic rings. The number of nitrogens with one attached hydrogen (secondary N) is 1. The average molecular weight is 288 g/mol. The number of piperidine rings is 1. The lowest BCUT2D eigenvalue weighted by Crippen LogP contribution is -2.34. The molecule has 1 aliphatic rings. The van der Waals surface area contributed by atoms with Crippen molar-refractivity contribution in [2.75, 3.05) is 11.4 Å². The van der Waals surface area contributed by atoms with Crippen molar-refractivity contribution in [3.63, 3.8) is 0 Å². The van der Waals surface area contributed by atoms with E-state index in [1.807, 2.05) is 23.1 Å². The quantitative estimate of drug-likeness (QED) is 0.828. The number of benzene rings is 1. The molecule has 2 nitrogen and oxygen atoms in total. The van der Waals surface area contributed by atoms with Gasteiger partial charge >= 0.3 is 0 Å². The minimum Gasteiger partial charge on any atom is -0.330 e. The Morgan fingerprint density at radius 3 is 2.80 bits per heavy atom. The van der Waals surface area contributed by atoms with Gasteiger partial charge < -0.3 is 4.90 Å². The predicted octanol–water partition coefficient (Wildman–Crippen LogP) is 4.07. The van der Waals surface area contributed by atoms with E-state index in [2.05, 4.69) is 15.9 Å². The van der Waals surface area contributed by atoms with Crippen molar-refractivity contribution in [1.29, 1.82) is 5.41 Å². The summed E-state index contributed by atoms with van der Waals surface area (Å²) >= 11 is 9.40. The standard InChI is InChI=1S/C11H12BrClN2/c12-9-5-4-8(7-10(9)13)15-6-2-1-3-11(15)14/h4-5,7,14H,1-3,6H2. The highest BCUT2D eigenvalue weighted by atomic mass is 79.9. The summed E-state index contributed by atoms with van der Waals surface area (Å²) in [7, 11) is 0. The highest BCUT2D eigenvalue weighted by molar-refractivity contribution is 9.10. The van der Waals surface area contributed by atoms with Crippen molar-refractivity contribution >= 4 is 39.1 Å². The van der Waals surface area contributed by atoms with Crippen molar-refractivity contribution in [3.05, 3.63) is 27.7 Å². The van der Waals surface area contributed by atoms with Gasteiger partial charge in [0.1, 0.15) is 5.84 Å². The molecule has 4 heteroatoms. The zero-order chi connectivity index (χ0) is 10.8. The number of rotatable bonds is 1. The van der Waals surface area contributed by atoms with Gasteiger partial charge in [-0.15, -0.1) is 0 Å². The minimum atomic E-state index is 0.694. The van der Waals surface area contributed by atoms with Gasteiger partial charge in [0.25, 0.3) is 0 Å². The normalized spacial score (nSPS) is 16.9. The third kappa shape index (κ3) is 2.34. The fourth-order valence-corrected chi connectivity index (χ4v) is 2.19. The largest absolute Gasteiger partial charge is 0.330 e. The number of hydrogen-bond donors (Lipinski definition) is 1. The van der Waals surface area contributed by atoms with Gasteiger partial charge in [0.2, 0.25) is 0 Å². The van der Waals surface area contributed by atoms with Crippen LogP contribution in [0.25, 0.3) is 0 Å². The minimum absolute atomic E-state index is 0.694. The van der Waals surface area contributed by atoms with E-state index in [9.17, 15) is 0 Å². The Morgan fingerprint density at radius 2 is 2.13 bits per heavy atom. The molecule has 0 radical (unpaired) electrons. The van der Waals surface area contributed by atoms with Crippen molar-refractivity contribution in [2.45, 2.75) is 19.3 Å². The first-order valence-corrected chi connectivity index (χ1v) is 6.15. The van der Waals surface area contributed by atoms with Crippen LogP contribution < -0.4 is 4.90 Å². The summed E-state index contributed by atoms with van der Waals surface area (Å²) in [5.41, 5.74) is 1.02. The zero-order valence-electron chi connectivity index (χ0n) is 8.26. The first-order chi connectivity index (χ1) is 7.18. The maximum Gasteiger partial charge on any atom is 0.100 e. The Morgan fingerprint density at radius 1 is 1.33 bits per heavy atom. The fourth-order valence-electron chi connectivity index (χ4n) is 1.77. The van der Waals surface area contributed by atoms with Crippen LogP contribution in [0.5, 0.6) is 0 Å². The number of amidine groups is 1. The fraction of sp³-hybridized carbons (Fsp3) is 0.364. The third-order valence-electron chi connectivity index (χ3n) is 2.59. The molecule has 80 valence electrons. The molecular weight excluding hydrogens is 275 g/mol. The summed E-state index contributed by atoms with van der Waals surface area (Å²) in [5.74, 6) is 0.694. The molecular formula is C11H12BrClN2. The molecule has 0 atom stereocenters. The molecule has 1 N–H and O–H groups in total. The molecule has 15 heavy (non-hydrogen) atoms. The van der Waals surface area contributed by atoms with Crippen molar-refractivity contribution in [1.82, 2.24) is 0 Å². The number of hydrogen-bond acceptors (Lipinski definition) is 1. The van der Waals surface area contributed by atoms with Crippen LogP contribution in [0.1, 0.15) is 19.3 Å². The lowest BCUT2D eigenvalue weighted by Gasteiger charge is -2.29. The van der Waals surface area contributed by atoms with Crippen LogP contribution in [-0.4, -0.2) is 12.4 Å². The molecule has 1 aromatic carbocycles. The van der Waals surface area contributed by atoms with Crippen LogP contribution in [0, 0.1) is 5.41 Å². The van der Waals surface area contributed by atoms with Gasteiger partial charge in [0.15, 0.2) is 0 Å². The SMILES string of the molecule is N=C1CCCCN1c1ccc(Br)c(Cl)c1. The summed E-state index contributed by atoms with van der Waals surface area (Å²) in [6.45, 7) is 0.927. The van der Waals surface area contributed by atoms with Gasteiger partial charge in [-0.3, -0.25) is 5.41 Å². The molecule has 2 rings (SSSR count). The first kappa shape index (κ1) is 11.0. The molecule has 1 heterocycles. The van der Waals surface area contributed by atoms with E-state index >= 15 is 0 Å². The Hall–Kier alpha value is -0.540. The maximum absolute atomic E-state index is 7.88. The summed E-state index contributed by atoms with van der Waals surface area (Å²) in [6, 6.07) is 5.83. The van der Waals surface area contributed by atoms with Gasteiger partial charge in [-0.1, -0.05) is 11.6 Å². The molecule has 1 saturated heterocycles. The van der Waals surface area contributed by atoms with Crippen LogP contribution >= 0.6 is 27.5 Å². The maximum atomic E-state index is 7.88. The van der Waals surface area contributed by atoms with Crippen LogP contribution in [0.3, 0.4) is 0 Å². The lowest BCUT2D eigenvalue weighted by molar-refractivity contribution is 0.707. The van der Waals surface area contributed by atoms with Gasteiger partial charge in [-0.2, -0.15) is 0 Å². The topological polar surface area (TPSA) is 27.1 Å². The average Bonchev–Trinajstić information content (AvgIpc) is 2.23. The first-order valence-electron chi connectivity index (χ1n) is 4.98. The molecule has 0 bridgehead atoms. The van der Waals surface area contributed by atoms with Crippen LogP contribution in [0.15, 0.2) is 22.7 Å². The van der Waals surface area contributed by atoms with Gasteiger partial charge in [-0.25, -0.2) is 0 Å². The molecule has 0 amide bonds. The van der Waals surface area contributed by atoms with Crippen LogP contribution in [0.2, 0.25) is 5.02 Å². The van der Waals surface area contributed by atoms with Crippen LogP contribution in [0.4, 0.5) is 5.69 Å². The summed E-state index contributed by atoms with van der Waals surface area (Å²) in [6.07, 6.45) is 3.14. The molecule has 0 spiro atoms. The molecule has 1 aliphatic heterocycles. The van der Waals surface area contributed by atoms with Crippen LogP contribution in [-0.2, 0) is 0 Å². The van der Waals surface area contributed by atoms with Crippen molar-refractivity contribution in [2.24, 2.45) is 0 Å². The van der Waals surface area contributed by atoms with E-state index in [1.54, 1.807) is 0 Å². The van der Waals surface area contributed by atoms with E-state index in [0.29, 0.717) is 10.9 Å². The Labute approximate surface area is 103 Å². The third-order valence-corrected chi connectivity index (χ3v) is 3.82. The number of halogens is 2. The van der Waals surface area contributed by atoms with Crippen molar-refractivity contribution in [3.8, 4) is 0 Å². The molecule has 1 fully saturated rings. The van der Waals surface area contributed by atoms with E-state index in [0.717, 1.165) is 36.0 Å². The number of nitrogens with zero attached hydrogens (tertiary/aromatic N) is 1. The second-order valence-corrected chi connectivity index (χ2v) is 4.92. The molecule has 0 aliphatic carbocycles. The smallest absolute Gasteiger partial charge is 0.100 e. The monoisotopic (exact) mass is 286 g/mol. The summed E-state index contributed by atoms with van der Waals surface area (Å²) < 4.78 is 0.899. The zero-order valence-corrected chi connectivity index (χ0v) is 10.6. The Bertz CT molecular complexity index is 392. The molecule has 0 aromatic heterocycles. The van der Waals surface area contributed by atoms with E-state index in [-0.39, 0.29) is 0 Å². The second-order valence-electron chi connectivity index (χ2n) is 3.65. The Kier molecular flexibility index (Phi) is 3.32. The number of anilines is 1. The predicted molar refractivity (Wildman–Crippen MR) is 68.1 cm³/mol. The Balaban J connectivity index is 2.28. The second kappa shape index (κ2) is 4.54. The van der Waals surface area contributed by atoms with Crippen molar-refractivity contribution < 1.29 is 0 Å². The van der Waals surface area contributed by atoms with E-state index in [4.69, 9.17) is 17.0 Å². The molecule has 0 saturated carbocycles. The summed E-state index contributed by atoms with van der Waals surface area (Å²) in [4.78, 5) is 2.03. The van der Waals surface area contributed by atoms with E-state index < -0.39 is 0 Å². The lowest BCUT2D eigenvalue weighted by atomic mass is 10.1. The van der Waals surface area contributed by atoms with Gasteiger partial charge in [-0.05, 0) is 47.0 Å². The molecule has 0 unspecified atom stereocenters. The highest BCUT2D eigenvalue weighted by Crippen LogP contribution is 2.29.